The number of hydrogen-bond acceptors (Lipinski definition) is 1. The molecule has 11 heavy (non-hydrogen) atoms. The van der Waals surface area contributed by atoms with Crippen molar-refractivity contribution in [1.82, 2.24) is 4.90 Å². The molecule has 0 aliphatic rings. The molecule has 0 bridgehead atoms. The zero-order valence-electron chi connectivity index (χ0n) is 8.65. The summed E-state index contributed by atoms with van der Waals surface area (Å²) in [4.78, 5) is 2.39. The zero-order valence-corrected chi connectivity index (χ0v) is 8.65. The minimum atomic E-state index is 0.321. The van der Waals surface area contributed by atoms with Crippen LogP contribution in [0.5, 0.6) is 0 Å². The van der Waals surface area contributed by atoms with Gasteiger partial charge in [-0.25, -0.2) is 0 Å². The van der Waals surface area contributed by atoms with Crippen molar-refractivity contribution in [3.05, 3.63) is 0 Å². The van der Waals surface area contributed by atoms with E-state index in [9.17, 15) is 0 Å². The third-order valence-electron chi connectivity index (χ3n) is 2.10. The second-order valence-corrected chi connectivity index (χ2v) is 4.08. The van der Waals surface area contributed by atoms with Crippen LogP contribution in [0.15, 0.2) is 0 Å². The van der Waals surface area contributed by atoms with Gasteiger partial charge in [-0.15, -0.1) is 0 Å². The van der Waals surface area contributed by atoms with Crippen molar-refractivity contribution in [2.24, 2.45) is 0 Å². The molecule has 2 heteroatoms. The highest BCUT2D eigenvalue weighted by Gasteiger charge is 2.15. The van der Waals surface area contributed by atoms with E-state index < -0.39 is 0 Å². The molecule has 0 spiro atoms. The first-order valence-corrected chi connectivity index (χ1v) is 4.51. The summed E-state index contributed by atoms with van der Waals surface area (Å²) < 4.78 is 0. The molecule has 0 saturated carbocycles. The van der Waals surface area contributed by atoms with Gasteiger partial charge in [-0.2, -0.15) is 0 Å². The van der Waals surface area contributed by atoms with E-state index in [1.54, 1.807) is 0 Å². The third-order valence-corrected chi connectivity index (χ3v) is 2.10. The van der Waals surface area contributed by atoms with Gasteiger partial charge < -0.3 is 4.90 Å². The highest BCUT2D eigenvalue weighted by Crippen LogP contribution is 2.10. The van der Waals surface area contributed by atoms with Gasteiger partial charge in [0.2, 0.25) is 0 Å². The monoisotopic (exact) mass is 154 g/mol. The van der Waals surface area contributed by atoms with Crippen LogP contribution in [0, 0.1) is 0 Å². The van der Waals surface area contributed by atoms with Crippen molar-refractivity contribution in [2.45, 2.75) is 45.9 Å². The molecule has 0 heterocycles. The van der Waals surface area contributed by atoms with Gasteiger partial charge in [-0.05, 0) is 34.4 Å². The van der Waals surface area contributed by atoms with Crippen molar-refractivity contribution >= 4 is 7.28 Å². The lowest BCUT2D eigenvalue weighted by Crippen LogP contribution is -2.38. The molecule has 0 aliphatic carbocycles. The van der Waals surface area contributed by atoms with Crippen LogP contribution in [0.4, 0.5) is 0 Å². The third kappa shape index (κ3) is 5.31. The van der Waals surface area contributed by atoms with E-state index >= 15 is 0 Å². The molecular formula is C9H21BN. The lowest BCUT2D eigenvalue weighted by atomic mass is 9.71. The predicted octanol–water partition coefficient (Wildman–Crippen LogP) is 2.28. The summed E-state index contributed by atoms with van der Waals surface area (Å²) in [5.74, 6) is 0. The van der Waals surface area contributed by atoms with E-state index in [1.165, 1.54) is 19.2 Å². The van der Waals surface area contributed by atoms with Crippen molar-refractivity contribution < 1.29 is 0 Å². The summed E-state index contributed by atoms with van der Waals surface area (Å²) in [6.07, 6.45) is 2.41. The molecule has 1 radical (unpaired) electrons. The van der Waals surface area contributed by atoms with Gasteiger partial charge in [0, 0.05) is 5.54 Å². The van der Waals surface area contributed by atoms with Crippen LogP contribution < -0.4 is 0 Å². The van der Waals surface area contributed by atoms with Crippen LogP contribution >= 0.6 is 0 Å². The quantitative estimate of drug-likeness (QED) is 0.443. The molecule has 0 aromatic rings. The summed E-state index contributed by atoms with van der Waals surface area (Å²) >= 11 is 0. The smallest absolute Gasteiger partial charge is 0.110 e. The Kier molecular flexibility index (Phi) is 4.82. The average Bonchev–Trinajstić information content (AvgIpc) is 1.86. The number of nitrogens with zero attached hydrogens (tertiary/aromatic N) is 1. The van der Waals surface area contributed by atoms with Crippen molar-refractivity contribution in [3.8, 4) is 0 Å². The van der Waals surface area contributed by atoms with Gasteiger partial charge in [0.1, 0.15) is 7.28 Å². The second-order valence-electron chi connectivity index (χ2n) is 4.08. The summed E-state index contributed by atoms with van der Waals surface area (Å²) in [5.41, 5.74) is 0.321. The molecule has 0 saturated heterocycles. The maximum Gasteiger partial charge on any atom is 0.110 e. The molecule has 1 nitrogen and oxygen atoms in total. The summed E-state index contributed by atoms with van der Waals surface area (Å²) in [6.45, 7) is 10.1. The Balaban J connectivity index is 3.44. The Bertz CT molecular complexity index is 96.2. The fraction of sp³-hybridized carbons (Fsp3) is 1.00. The Hall–Kier alpha value is 0.0249. The minimum absolute atomic E-state index is 0.321. The molecule has 0 amide bonds. The molecule has 0 atom stereocenters. The first kappa shape index (κ1) is 11.0. The molecule has 0 unspecified atom stereocenters. The maximum atomic E-state index is 2.39. The normalized spacial score (nSPS) is 12.2. The van der Waals surface area contributed by atoms with E-state index in [2.05, 4.69) is 46.9 Å². The Labute approximate surface area is 72.4 Å². The van der Waals surface area contributed by atoms with Gasteiger partial charge in [-0.3, -0.25) is 0 Å². The maximum absolute atomic E-state index is 2.39. The first-order valence-electron chi connectivity index (χ1n) is 4.51. The van der Waals surface area contributed by atoms with Crippen LogP contribution in [0.25, 0.3) is 0 Å². The molecule has 0 aromatic heterocycles. The van der Waals surface area contributed by atoms with Crippen molar-refractivity contribution in [2.75, 3.05) is 13.6 Å². The molecule has 0 fully saturated rings. The van der Waals surface area contributed by atoms with E-state index in [-0.39, 0.29) is 0 Å². The van der Waals surface area contributed by atoms with Gasteiger partial charge in [-0.1, -0.05) is 19.6 Å². The highest BCUT2D eigenvalue weighted by molar-refractivity contribution is 6.35. The number of rotatable bonds is 4. The van der Waals surface area contributed by atoms with Crippen LogP contribution in [0.3, 0.4) is 0 Å². The lowest BCUT2D eigenvalue weighted by molar-refractivity contribution is 0.185. The van der Waals surface area contributed by atoms with E-state index in [1.807, 2.05) is 0 Å². The van der Waals surface area contributed by atoms with E-state index in [4.69, 9.17) is 0 Å². The van der Waals surface area contributed by atoms with Gasteiger partial charge in [0.25, 0.3) is 0 Å². The summed E-state index contributed by atoms with van der Waals surface area (Å²) in [5, 5.41) is 0. The van der Waals surface area contributed by atoms with Gasteiger partial charge in [0.05, 0.1) is 0 Å². The summed E-state index contributed by atoms with van der Waals surface area (Å²) in [7, 11) is 4.52. The fourth-order valence-electron chi connectivity index (χ4n) is 0.824. The highest BCUT2D eigenvalue weighted by atomic mass is 15.1. The van der Waals surface area contributed by atoms with E-state index in [0.717, 1.165) is 0 Å². The molecule has 0 aliphatic heterocycles. The molecular weight excluding hydrogens is 133 g/mol. The molecule has 0 N–H and O–H groups in total. The van der Waals surface area contributed by atoms with Crippen molar-refractivity contribution in [3.63, 3.8) is 0 Å². The molecule has 65 valence electrons. The SMILES string of the molecule is CC[B]CCN(C)C(C)(C)C. The second kappa shape index (κ2) is 4.81. The van der Waals surface area contributed by atoms with Gasteiger partial charge in [0.15, 0.2) is 0 Å². The Morgan fingerprint density at radius 1 is 1.27 bits per heavy atom. The van der Waals surface area contributed by atoms with Gasteiger partial charge >= 0.3 is 0 Å². The average molecular weight is 154 g/mol. The Morgan fingerprint density at radius 2 is 1.82 bits per heavy atom. The first-order chi connectivity index (χ1) is 4.98. The molecule has 0 rings (SSSR count). The topological polar surface area (TPSA) is 3.24 Å². The zero-order chi connectivity index (χ0) is 8.91. The number of hydrogen-bond donors (Lipinski definition) is 0. The van der Waals surface area contributed by atoms with Crippen molar-refractivity contribution in [1.29, 1.82) is 0 Å². The lowest BCUT2D eigenvalue weighted by Gasteiger charge is -2.31. The van der Waals surface area contributed by atoms with E-state index in [0.29, 0.717) is 5.54 Å². The largest absolute Gasteiger partial charge is 0.302 e. The minimum Gasteiger partial charge on any atom is -0.302 e. The van der Waals surface area contributed by atoms with Crippen LogP contribution in [-0.2, 0) is 0 Å². The fourth-order valence-corrected chi connectivity index (χ4v) is 0.824. The summed E-state index contributed by atoms with van der Waals surface area (Å²) in [6, 6.07) is 0. The standard InChI is InChI=1S/C9H21BN/c1-6-10-7-8-11(5)9(2,3)4/h6-8H2,1-5H3. The molecule has 0 aromatic carbocycles. The Morgan fingerprint density at radius 3 is 2.18 bits per heavy atom. The van der Waals surface area contributed by atoms with Crippen LogP contribution in [-0.4, -0.2) is 31.3 Å². The van der Waals surface area contributed by atoms with Crippen LogP contribution in [0.1, 0.15) is 27.7 Å². The van der Waals surface area contributed by atoms with Crippen LogP contribution in [0.2, 0.25) is 12.6 Å². The predicted molar refractivity (Wildman–Crippen MR) is 53.4 cm³/mol.